The second-order valence-electron chi connectivity index (χ2n) is 10.1. The fraction of sp³-hybridized carbons (Fsp3) is 0.0256. The second-order valence-corrected chi connectivity index (χ2v) is 10.1. The van der Waals surface area contributed by atoms with Crippen LogP contribution in [-0.2, 0) is 0 Å². The van der Waals surface area contributed by atoms with Gasteiger partial charge in [0.2, 0.25) is 0 Å². The van der Waals surface area contributed by atoms with Crippen LogP contribution in [-0.4, -0.2) is 19.9 Å². The van der Waals surface area contributed by atoms with E-state index in [0.29, 0.717) is 0 Å². The van der Waals surface area contributed by atoms with E-state index in [2.05, 4.69) is 105 Å². The molecule has 4 heterocycles. The third kappa shape index (κ3) is 5.99. The van der Waals surface area contributed by atoms with Gasteiger partial charge in [0.05, 0.1) is 0 Å². The largest absolute Gasteiger partial charge is 0.264 e. The molecular formula is C39H30N4. The number of aromatic nitrogens is 4. The fourth-order valence-corrected chi connectivity index (χ4v) is 5.27. The fourth-order valence-electron chi connectivity index (χ4n) is 5.27. The first kappa shape index (κ1) is 27.4. The van der Waals surface area contributed by atoms with Crippen LogP contribution in [0.2, 0.25) is 0 Å². The van der Waals surface area contributed by atoms with Crippen molar-refractivity contribution in [2.24, 2.45) is 0 Å². The Morgan fingerprint density at radius 1 is 0.256 bits per heavy atom. The SMILES string of the molecule is C.c1cncc(-c2cc(-c3cccnc3)cc(-c3cccc(-c4cc(-c5cccnc5)cc(-c5cccnc5)c4)c3)c2)c1. The highest BCUT2D eigenvalue weighted by Gasteiger charge is 2.11. The van der Waals surface area contributed by atoms with Gasteiger partial charge in [0.25, 0.3) is 0 Å². The quantitative estimate of drug-likeness (QED) is 0.205. The minimum atomic E-state index is 0. The number of nitrogens with zero attached hydrogens (tertiary/aromatic N) is 4. The van der Waals surface area contributed by atoms with Gasteiger partial charge < -0.3 is 0 Å². The summed E-state index contributed by atoms with van der Waals surface area (Å²) < 4.78 is 0. The molecule has 0 aliphatic rings. The van der Waals surface area contributed by atoms with E-state index in [1.807, 2.05) is 49.1 Å². The van der Waals surface area contributed by atoms with Crippen molar-refractivity contribution in [1.29, 1.82) is 0 Å². The van der Waals surface area contributed by atoms with Crippen molar-refractivity contribution >= 4 is 0 Å². The minimum absolute atomic E-state index is 0. The maximum atomic E-state index is 4.36. The van der Waals surface area contributed by atoms with Gasteiger partial charge in [0.1, 0.15) is 0 Å². The number of hydrogen-bond acceptors (Lipinski definition) is 4. The molecule has 0 spiro atoms. The van der Waals surface area contributed by atoms with Crippen molar-refractivity contribution in [3.8, 4) is 66.8 Å². The van der Waals surface area contributed by atoms with Gasteiger partial charge in [-0.25, -0.2) is 0 Å². The number of pyridine rings is 4. The molecule has 0 bridgehead atoms. The molecule has 43 heavy (non-hydrogen) atoms. The van der Waals surface area contributed by atoms with Crippen molar-refractivity contribution in [2.75, 3.05) is 0 Å². The molecule has 0 fully saturated rings. The first-order chi connectivity index (χ1) is 20.8. The molecule has 0 saturated carbocycles. The van der Waals surface area contributed by atoms with Gasteiger partial charge in [0.15, 0.2) is 0 Å². The van der Waals surface area contributed by atoms with Crippen molar-refractivity contribution < 1.29 is 0 Å². The van der Waals surface area contributed by atoms with Crippen LogP contribution in [0.15, 0.2) is 159 Å². The Bertz CT molecular complexity index is 1700. The monoisotopic (exact) mass is 554 g/mol. The Kier molecular flexibility index (Phi) is 7.92. The first-order valence-corrected chi connectivity index (χ1v) is 13.8. The van der Waals surface area contributed by atoms with Crippen molar-refractivity contribution in [2.45, 2.75) is 7.43 Å². The van der Waals surface area contributed by atoms with Gasteiger partial charge in [-0.3, -0.25) is 19.9 Å². The van der Waals surface area contributed by atoms with Crippen LogP contribution in [0.3, 0.4) is 0 Å². The summed E-state index contributed by atoms with van der Waals surface area (Å²) in [5, 5.41) is 0. The lowest BCUT2D eigenvalue weighted by Crippen LogP contribution is -1.89. The lowest BCUT2D eigenvalue weighted by Gasteiger charge is -2.14. The van der Waals surface area contributed by atoms with Crippen LogP contribution in [0.1, 0.15) is 7.43 Å². The summed E-state index contributed by atoms with van der Waals surface area (Å²) in [5.74, 6) is 0. The van der Waals surface area contributed by atoms with E-state index in [1.54, 1.807) is 24.8 Å². The van der Waals surface area contributed by atoms with Gasteiger partial charge in [-0.05, 0) is 111 Å². The van der Waals surface area contributed by atoms with Gasteiger partial charge in [-0.15, -0.1) is 0 Å². The highest BCUT2D eigenvalue weighted by molar-refractivity contribution is 5.85. The first-order valence-electron chi connectivity index (χ1n) is 13.8. The predicted octanol–water partition coefficient (Wildman–Crippen LogP) is 9.90. The lowest BCUT2D eigenvalue weighted by molar-refractivity contribution is 1.32. The molecular weight excluding hydrogens is 524 g/mol. The average Bonchev–Trinajstić information content (AvgIpc) is 3.09. The molecule has 4 aromatic heterocycles. The second kappa shape index (κ2) is 12.4. The summed E-state index contributed by atoms with van der Waals surface area (Å²) in [6.45, 7) is 0. The summed E-state index contributed by atoms with van der Waals surface area (Å²) >= 11 is 0. The maximum Gasteiger partial charge on any atom is 0.0346 e. The molecule has 7 aromatic rings. The van der Waals surface area contributed by atoms with Gasteiger partial charge in [0, 0.05) is 71.8 Å². The highest BCUT2D eigenvalue weighted by Crippen LogP contribution is 2.36. The molecule has 206 valence electrons. The molecule has 0 aliphatic heterocycles. The van der Waals surface area contributed by atoms with E-state index < -0.39 is 0 Å². The van der Waals surface area contributed by atoms with E-state index in [-0.39, 0.29) is 7.43 Å². The molecule has 4 heteroatoms. The standard InChI is InChI=1S/C38H26N4.CH4/c1-6-27(33-17-35(29-8-2-12-39-23-29)21-36(18-33)30-9-3-13-40-24-30)16-28(7-1)34-19-37(31-10-4-14-41-25-31)22-38(20-34)32-11-5-15-42-26-32;/h1-26H;1H4. The zero-order valence-corrected chi connectivity index (χ0v) is 22.8. The molecule has 0 aliphatic carbocycles. The Labute approximate surface area is 252 Å². The van der Waals surface area contributed by atoms with Gasteiger partial charge in [-0.2, -0.15) is 0 Å². The molecule has 4 nitrogen and oxygen atoms in total. The zero-order chi connectivity index (χ0) is 28.1. The Morgan fingerprint density at radius 2 is 0.488 bits per heavy atom. The molecule has 0 radical (unpaired) electrons. The smallest absolute Gasteiger partial charge is 0.0346 e. The zero-order valence-electron chi connectivity index (χ0n) is 22.8. The molecule has 0 N–H and O–H groups in total. The summed E-state index contributed by atoms with van der Waals surface area (Å²) in [6, 6.07) is 38.4. The third-order valence-corrected chi connectivity index (χ3v) is 7.37. The lowest BCUT2D eigenvalue weighted by atomic mass is 9.91. The van der Waals surface area contributed by atoms with E-state index in [4.69, 9.17) is 0 Å². The summed E-state index contributed by atoms with van der Waals surface area (Å²) in [4.78, 5) is 17.5. The molecule has 0 unspecified atom stereocenters. The average molecular weight is 555 g/mol. The molecule has 3 aromatic carbocycles. The van der Waals surface area contributed by atoms with Crippen LogP contribution >= 0.6 is 0 Å². The number of rotatable bonds is 6. The number of benzene rings is 3. The molecule has 0 saturated heterocycles. The van der Waals surface area contributed by atoms with E-state index >= 15 is 0 Å². The van der Waals surface area contributed by atoms with Crippen LogP contribution < -0.4 is 0 Å². The van der Waals surface area contributed by atoms with Gasteiger partial charge in [-0.1, -0.05) is 49.9 Å². The summed E-state index contributed by atoms with van der Waals surface area (Å²) in [5.41, 5.74) is 13.3. The van der Waals surface area contributed by atoms with Crippen molar-refractivity contribution in [3.63, 3.8) is 0 Å². The normalized spacial score (nSPS) is 10.6. The van der Waals surface area contributed by atoms with E-state index in [1.165, 1.54) is 0 Å². The maximum absolute atomic E-state index is 4.36. The Morgan fingerprint density at radius 3 is 0.744 bits per heavy atom. The van der Waals surface area contributed by atoms with Crippen LogP contribution in [0.5, 0.6) is 0 Å². The van der Waals surface area contributed by atoms with Crippen LogP contribution in [0.25, 0.3) is 66.8 Å². The highest BCUT2D eigenvalue weighted by atomic mass is 14.6. The van der Waals surface area contributed by atoms with Gasteiger partial charge >= 0.3 is 0 Å². The third-order valence-electron chi connectivity index (χ3n) is 7.37. The predicted molar refractivity (Wildman–Crippen MR) is 177 cm³/mol. The number of hydrogen-bond donors (Lipinski definition) is 0. The molecule has 7 rings (SSSR count). The molecule has 0 atom stereocenters. The van der Waals surface area contributed by atoms with Crippen LogP contribution in [0, 0.1) is 0 Å². The van der Waals surface area contributed by atoms with E-state index in [0.717, 1.165) is 66.8 Å². The van der Waals surface area contributed by atoms with Crippen LogP contribution in [0.4, 0.5) is 0 Å². The Balaban J connectivity index is 0.00000329. The van der Waals surface area contributed by atoms with Crippen molar-refractivity contribution in [1.82, 2.24) is 19.9 Å². The van der Waals surface area contributed by atoms with E-state index in [9.17, 15) is 0 Å². The summed E-state index contributed by atoms with van der Waals surface area (Å²) in [7, 11) is 0. The van der Waals surface area contributed by atoms with Crippen molar-refractivity contribution in [3.05, 3.63) is 159 Å². The summed E-state index contributed by atoms with van der Waals surface area (Å²) in [6.07, 6.45) is 14.9. The topological polar surface area (TPSA) is 51.6 Å². The Hall–Kier alpha value is -5.74. The molecule has 0 amide bonds. The minimum Gasteiger partial charge on any atom is -0.264 e.